The maximum absolute atomic E-state index is 5.24. The van der Waals surface area contributed by atoms with E-state index in [0.717, 1.165) is 26.3 Å². The van der Waals surface area contributed by atoms with Crippen LogP contribution in [0.3, 0.4) is 0 Å². The van der Waals surface area contributed by atoms with Gasteiger partial charge in [-0.1, -0.05) is 0 Å². The van der Waals surface area contributed by atoms with E-state index in [-0.39, 0.29) is 0 Å². The highest BCUT2D eigenvalue weighted by atomic mass is 32.2. The summed E-state index contributed by atoms with van der Waals surface area (Å²) in [6.45, 7) is 3.65. The molecule has 1 fully saturated rings. The average molecular weight is 173 g/mol. The molecule has 2 aliphatic heterocycles. The van der Waals surface area contributed by atoms with Gasteiger partial charge in [-0.3, -0.25) is 4.72 Å². The SMILES string of the molecule is C1=C(N2CCOCC2)NSN1. The second-order valence-electron chi connectivity index (χ2n) is 2.45. The molecule has 4 nitrogen and oxygen atoms in total. The molecule has 2 rings (SSSR count). The van der Waals surface area contributed by atoms with Crippen LogP contribution in [0.2, 0.25) is 0 Å². The molecule has 0 saturated carbocycles. The predicted molar refractivity (Wildman–Crippen MR) is 44.3 cm³/mol. The smallest absolute Gasteiger partial charge is 0.130 e. The van der Waals surface area contributed by atoms with Crippen LogP contribution in [0.15, 0.2) is 12.0 Å². The fourth-order valence-electron chi connectivity index (χ4n) is 1.16. The van der Waals surface area contributed by atoms with Gasteiger partial charge in [0, 0.05) is 13.1 Å². The first-order valence-electron chi connectivity index (χ1n) is 3.67. The predicted octanol–water partition coefficient (Wildman–Crippen LogP) is -0.127. The largest absolute Gasteiger partial charge is 0.378 e. The van der Waals surface area contributed by atoms with E-state index in [0.29, 0.717) is 0 Å². The van der Waals surface area contributed by atoms with Crippen LogP contribution in [-0.2, 0) is 4.74 Å². The molecule has 0 aromatic carbocycles. The third-order valence-electron chi connectivity index (χ3n) is 1.76. The molecule has 62 valence electrons. The number of rotatable bonds is 1. The highest BCUT2D eigenvalue weighted by Crippen LogP contribution is 2.11. The normalized spacial score (nSPS) is 24.0. The third kappa shape index (κ3) is 1.54. The Labute approximate surface area is 70.2 Å². The van der Waals surface area contributed by atoms with E-state index in [1.807, 2.05) is 6.20 Å². The van der Waals surface area contributed by atoms with E-state index in [2.05, 4.69) is 14.3 Å². The summed E-state index contributed by atoms with van der Waals surface area (Å²) in [6, 6.07) is 0. The van der Waals surface area contributed by atoms with Crippen molar-refractivity contribution in [1.29, 1.82) is 0 Å². The molecule has 11 heavy (non-hydrogen) atoms. The fraction of sp³-hybridized carbons (Fsp3) is 0.667. The van der Waals surface area contributed by atoms with Gasteiger partial charge in [0.05, 0.1) is 31.5 Å². The van der Waals surface area contributed by atoms with Crippen molar-refractivity contribution in [1.82, 2.24) is 14.3 Å². The molecule has 5 heteroatoms. The van der Waals surface area contributed by atoms with Crippen LogP contribution >= 0.6 is 12.1 Å². The van der Waals surface area contributed by atoms with E-state index >= 15 is 0 Å². The minimum absolute atomic E-state index is 0.837. The van der Waals surface area contributed by atoms with Crippen molar-refractivity contribution < 1.29 is 4.74 Å². The quantitative estimate of drug-likeness (QED) is 0.540. The van der Waals surface area contributed by atoms with E-state index in [4.69, 9.17) is 4.74 Å². The van der Waals surface area contributed by atoms with Crippen LogP contribution in [0.5, 0.6) is 0 Å². The lowest BCUT2D eigenvalue weighted by atomic mass is 10.4. The molecule has 2 aliphatic rings. The van der Waals surface area contributed by atoms with Gasteiger partial charge in [0.2, 0.25) is 0 Å². The first kappa shape index (κ1) is 7.12. The van der Waals surface area contributed by atoms with E-state index < -0.39 is 0 Å². The topological polar surface area (TPSA) is 36.5 Å². The van der Waals surface area contributed by atoms with Crippen LogP contribution in [0.25, 0.3) is 0 Å². The van der Waals surface area contributed by atoms with E-state index in [1.165, 1.54) is 18.0 Å². The van der Waals surface area contributed by atoms with Crippen LogP contribution in [0, 0.1) is 0 Å². The number of morpholine rings is 1. The van der Waals surface area contributed by atoms with Crippen LogP contribution in [0.1, 0.15) is 0 Å². The molecular formula is C6H11N3OS. The number of hydrogen-bond donors (Lipinski definition) is 2. The summed E-state index contributed by atoms with van der Waals surface area (Å²) in [6.07, 6.45) is 1.98. The van der Waals surface area contributed by atoms with Crippen LogP contribution in [-0.4, -0.2) is 31.2 Å². The molecule has 0 aromatic heterocycles. The molecule has 0 aromatic rings. The monoisotopic (exact) mass is 173 g/mol. The average Bonchev–Trinajstić information content (AvgIpc) is 2.58. The lowest BCUT2D eigenvalue weighted by Gasteiger charge is -2.28. The molecule has 2 heterocycles. The standard InChI is InChI=1S/C6H11N3OS/c1-3-10-4-2-9(1)6-5-7-11-8-6/h5,7-8H,1-4H2. The summed E-state index contributed by atoms with van der Waals surface area (Å²) in [5.74, 6) is 1.17. The van der Waals surface area contributed by atoms with Crippen molar-refractivity contribution >= 4 is 12.1 Å². The summed E-state index contributed by atoms with van der Waals surface area (Å²) in [7, 11) is 0. The Bertz CT molecular complexity index is 167. The van der Waals surface area contributed by atoms with Gasteiger partial charge in [-0.2, -0.15) is 0 Å². The maximum atomic E-state index is 5.24. The molecule has 0 bridgehead atoms. The van der Waals surface area contributed by atoms with Crippen LogP contribution < -0.4 is 9.44 Å². The second kappa shape index (κ2) is 3.23. The van der Waals surface area contributed by atoms with Crippen molar-refractivity contribution in [2.24, 2.45) is 0 Å². The molecule has 1 saturated heterocycles. The summed E-state index contributed by atoms with van der Waals surface area (Å²) in [5, 5.41) is 0. The summed E-state index contributed by atoms with van der Waals surface area (Å²) in [5.41, 5.74) is 0. The Morgan fingerprint density at radius 2 is 2.27 bits per heavy atom. The molecule has 0 atom stereocenters. The maximum Gasteiger partial charge on any atom is 0.130 e. The molecule has 0 amide bonds. The van der Waals surface area contributed by atoms with Crippen molar-refractivity contribution in [2.45, 2.75) is 0 Å². The molecular weight excluding hydrogens is 162 g/mol. The van der Waals surface area contributed by atoms with Gasteiger partial charge in [-0.25, -0.2) is 0 Å². The Morgan fingerprint density at radius 3 is 2.91 bits per heavy atom. The van der Waals surface area contributed by atoms with Crippen molar-refractivity contribution in [3.8, 4) is 0 Å². The minimum atomic E-state index is 0.837. The first-order valence-corrected chi connectivity index (χ1v) is 4.49. The number of nitrogens with one attached hydrogen (secondary N) is 2. The highest BCUT2D eigenvalue weighted by molar-refractivity contribution is 7.95. The number of nitrogens with zero attached hydrogens (tertiary/aromatic N) is 1. The Morgan fingerprint density at radius 1 is 1.45 bits per heavy atom. The molecule has 0 spiro atoms. The summed E-state index contributed by atoms with van der Waals surface area (Å²) < 4.78 is 11.4. The number of hydrogen-bond acceptors (Lipinski definition) is 5. The van der Waals surface area contributed by atoms with Crippen molar-refractivity contribution in [3.05, 3.63) is 12.0 Å². The van der Waals surface area contributed by atoms with Gasteiger partial charge >= 0.3 is 0 Å². The van der Waals surface area contributed by atoms with Gasteiger partial charge in [-0.05, 0) is 0 Å². The zero-order valence-corrected chi connectivity index (χ0v) is 6.99. The summed E-state index contributed by atoms with van der Waals surface area (Å²) >= 11 is 1.50. The van der Waals surface area contributed by atoms with Crippen LogP contribution in [0.4, 0.5) is 0 Å². The van der Waals surface area contributed by atoms with Gasteiger partial charge in [-0.15, -0.1) is 0 Å². The Hall–Kier alpha value is -0.550. The third-order valence-corrected chi connectivity index (χ3v) is 2.31. The van der Waals surface area contributed by atoms with Crippen molar-refractivity contribution in [2.75, 3.05) is 26.3 Å². The Kier molecular flexibility index (Phi) is 2.09. The highest BCUT2D eigenvalue weighted by Gasteiger charge is 2.15. The second-order valence-corrected chi connectivity index (χ2v) is 3.09. The van der Waals surface area contributed by atoms with Gasteiger partial charge < -0.3 is 14.4 Å². The minimum Gasteiger partial charge on any atom is -0.378 e. The zero-order chi connectivity index (χ0) is 7.52. The Balaban J connectivity index is 1.92. The lowest BCUT2D eigenvalue weighted by Crippen LogP contribution is -2.37. The van der Waals surface area contributed by atoms with Gasteiger partial charge in [0.15, 0.2) is 0 Å². The fourth-order valence-corrected chi connectivity index (χ4v) is 1.68. The van der Waals surface area contributed by atoms with Gasteiger partial charge in [0.1, 0.15) is 5.82 Å². The zero-order valence-electron chi connectivity index (χ0n) is 6.17. The first-order chi connectivity index (χ1) is 5.47. The molecule has 0 radical (unpaired) electrons. The van der Waals surface area contributed by atoms with Gasteiger partial charge in [0.25, 0.3) is 0 Å². The summed E-state index contributed by atoms with van der Waals surface area (Å²) in [4.78, 5) is 2.27. The lowest BCUT2D eigenvalue weighted by molar-refractivity contribution is 0.0522. The van der Waals surface area contributed by atoms with E-state index in [1.54, 1.807) is 0 Å². The molecule has 2 N–H and O–H groups in total. The number of ether oxygens (including phenoxy) is 1. The molecule has 0 aliphatic carbocycles. The molecule has 0 unspecified atom stereocenters. The van der Waals surface area contributed by atoms with E-state index in [9.17, 15) is 0 Å². The van der Waals surface area contributed by atoms with Crippen molar-refractivity contribution in [3.63, 3.8) is 0 Å².